The number of para-hydroxylation sites is 1. The highest BCUT2D eigenvalue weighted by Gasteiger charge is 2.28. The van der Waals surface area contributed by atoms with Crippen molar-refractivity contribution in [1.82, 2.24) is 4.31 Å². The van der Waals surface area contributed by atoms with E-state index in [0.717, 1.165) is 12.8 Å². The second-order valence-electron chi connectivity index (χ2n) is 3.78. The van der Waals surface area contributed by atoms with E-state index >= 15 is 0 Å². The van der Waals surface area contributed by atoms with Crippen molar-refractivity contribution < 1.29 is 13.2 Å². The predicted molar refractivity (Wildman–Crippen MR) is 62.2 cm³/mol. The Hall–Kier alpha value is -1.49. The van der Waals surface area contributed by atoms with Crippen LogP contribution in [0.15, 0.2) is 34.2 Å². The third kappa shape index (κ3) is 2.29. The molecule has 17 heavy (non-hydrogen) atoms. The van der Waals surface area contributed by atoms with E-state index in [1.165, 1.54) is 22.5 Å². The van der Waals surface area contributed by atoms with Crippen LogP contribution in [0.1, 0.15) is 12.8 Å². The number of sulfonamides is 1. The van der Waals surface area contributed by atoms with Crippen molar-refractivity contribution in [2.24, 2.45) is 4.99 Å². The summed E-state index contributed by atoms with van der Waals surface area (Å²) in [4.78, 5) is 13.8. The second-order valence-corrected chi connectivity index (χ2v) is 5.69. The number of hydrogen-bond acceptors (Lipinski definition) is 4. The van der Waals surface area contributed by atoms with Gasteiger partial charge in [-0.3, -0.25) is 0 Å². The Morgan fingerprint density at radius 3 is 2.47 bits per heavy atom. The van der Waals surface area contributed by atoms with E-state index in [0.29, 0.717) is 13.1 Å². The average molecular weight is 252 g/mol. The largest absolute Gasteiger partial charge is 0.245 e. The summed E-state index contributed by atoms with van der Waals surface area (Å²) in [6.07, 6.45) is 3.13. The van der Waals surface area contributed by atoms with Crippen molar-refractivity contribution in [3.05, 3.63) is 24.3 Å². The molecule has 0 N–H and O–H groups in total. The van der Waals surface area contributed by atoms with Gasteiger partial charge in [0.15, 0.2) is 0 Å². The number of nitrogens with zero attached hydrogens (tertiary/aromatic N) is 2. The first kappa shape index (κ1) is 12.0. The third-order valence-electron chi connectivity index (χ3n) is 2.71. The van der Waals surface area contributed by atoms with Crippen molar-refractivity contribution in [3.63, 3.8) is 0 Å². The molecule has 1 fully saturated rings. The summed E-state index contributed by atoms with van der Waals surface area (Å²) in [5.41, 5.74) is 0.148. The maximum absolute atomic E-state index is 12.3. The second kappa shape index (κ2) is 4.79. The number of aliphatic imine (C=N–C) groups is 1. The van der Waals surface area contributed by atoms with Crippen molar-refractivity contribution in [2.75, 3.05) is 13.1 Å². The third-order valence-corrected chi connectivity index (χ3v) is 4.66. The molecular formula is C11H12N2O3S. The van der Waals surface area contributed by atoms with Gasteiger partial charge >= 0.3 is 0 Å². The lowest BCUT2D eigenvalue weighted by molar-refractivity contribution is 0.477. The maximum atomic E-state index is 12.3. The fourth-order valence-electron chi connectivity index (χ4n) is 1.88. The number of carbonyl (C=O) groups excluding carboxylic acids is 1. The fraction of sp³-hybridized carbons (Fsp3) is 0.364. The smallest absolute Gasteiger partial charge is 0.211 e. The van der Waals surface area contributed by atoms with Crippen LogP contribution in [-0.2, 0) is 14.8 Å². The van der Waals surface area contributed by atoms with Crippen molar-refractivity contribution >= 4 is 21.8 Å². The number of benzene rings is 1. The maximum Gasteiger partial charge on any atom is 0.245 e. The molecule has 5 nitrogen and oxygen atoms in total. The summed E-state index contributed by atoms with van der Waals surface area (Å²) in [6, 6.07) is 6.21. The SMILES string of the molecule is O=C=Nc1ccccc1S(=O)(=O)N1CCCC1. The van der Waals surface area contributed by atoms with Crippen LogP contribution >= 0.6 is 0 Å². The van der Waals surface area contributed by atoms with Gasteiger partial charge in [-0.15, -0.1) is 0 Å². The Morgan fingerprint density at radius 1 is 1.18 bits per heavy atom. The minimum Gasteiger partial charge on any atom is -0.211 e. The van der Waals surface area contributed by atoms with E-state index in [-0.39, 0.29) is 10.6 Å². The number of hydrogen-bond donors (Lipinski definition) is 0. The monoisotopic (exact) mass is 252 g/mol. The summed E-state index contributed by atoms with van der Waals surface area (Å²) in [6.45, 7) is 1.06. The van der Waals surface area contributed by atoms with Crippen molar-refractivity contribution in [1.29, 1.82) is 0 Å². The molecule has 2 rings (SSSR count). The van der Waals surface area contributed by atoms with E-state index in [9.17, 15) is 13.2 Å². The van der Waals surface area contributed by atoms with Gasteiger partial charge in [-0.1, -0.05) is 12.1 Å². The normalized spacial score (nSPS) is 16.7. The van der Waals surface area contributed by atoms with Gasteiger partial charge in [0.05, 0.1) is 5.69 Å². The molecule has 1 aromatic rings. The molecule has 0 radical (unpaired) electrons. The molecule has 0 bridgehead atoms. The molecule has 1 aliphatic heterocycles. The van der Waals surface area contributed by atoms with Crippen LogP contribution in [0.5, 0.6) is 0 Å². The van der Waals surface area contributed by atoms with Gasteiger partial charge in [-0.25, -0.2) is 13.2 Å². The van der Waals surface area contributed by atoms with Gasteiger partial charge in [0.25, 0.3) is 0 Å². The molecule has 0 unspecified atom stereocenters. The Bertz CT molecular complexity index is 556. The molecule has 0 saturated carbocycles. The van der Waals surface area contributed by atoms with Crippen molar-refractivity contribution in [3.8, 4) is 0 Å². The van der Waals surface area contributed by atoms with Crippen LogP contribution in [0.25, 0.3) is 0 Å². The molecule has 0 aliphatic carbocycles. The summed E-state index contributed by atoms with van der Waals surface area (Å²) >= 11 is 0. The lowest BCUT2D eigenvalue weighted by atomic mass is 10.3. The molecule has 1 saturated heterocycles. The van der Waals surface area contributed by atoms with Gasteiger partial charge in [-0.05, 0) is 25.0 Å². The highest BCUT2D eigenvalue weighted by atomic mass is 32.2. The Labute approximate surface area is 99.8 Å². The van der Waals surface area contributed by atoms with Crippen LogP contribution in [0.4, 0.5) is 5.69 Å². The van der Waals surface area contributed by atoms with Crippen molar-refractivity contribution in [2.45, 2.75) is 17.7 Å². The van der Waals surface area contributed by atoms with E-state index in [1.807, 2.05) is 0 Å². The Morgan fingerprint density at radius 2 is 1.82 bits per heavy atom. The minimum absolute atomic E-state index is 0.0743. The molecule has 0 atom stereocenters. The Balaban J connectivity index is 2.48. The highest BCUT2D eigenvalue weighted by Crippen LogP contribution is 2.28. The van der Waals surface area contributed by atoms with Crippen LogP contribution in [0.3, 0.4) is 0 Å². The van der Waals surface area contributed by atoms with Gasteiger partial charge < -0.3 is 0 Å². The molecule has 1 aliphatic rings. The Kier molecular flexibility index (Phi) is 3.38. The van der Waals surface area contributed by atoms with E-state index in [1.54, 1.807) is 12.1 Å². The molecule has 90 valence electrons. The van der Waals surface area contributed by atoms with Crippen LogP contribution < -0.4 is 0 Å². The summed E-state index contributed by atoms with van der Waals surface area (Å²) in [5, 5.41) is 0. The minimum atomic E-state index is -3.53. The lowest BCUT2D eigenvalue weighted by Crippen LogP contribution is -2.27. The molecule has 1 heterocycles. The van der Waals surface area contributed by atoms with Gasteiger partial charge in [0.2, 0.25) is 16.1 Å². The topological polar surface area (TPSA) is 66.8 Å². The predicted octanol–water partition coefficient (Wildman–Crippen LogP) is 1.44. The summed E-state index contributed by atoms with van der Waals surface area (Å²) in [5.74, 6) is 0. The van der Waals surface area contributed by atoms with Gasteiger partial charge in [0, 0.05) is 13.1 Å². The molecule has 1 aromatic carbocycles. The molecule has 6 heteroatoms. The van der Waals surface area contributed by atoms with E-state index < -0.39 is 10.0 Å². The highest BCUT2D eigenvalue weighted by molar-refractivity contribution is 7.89. The fourth-order valence-corrected chi connectivity index (χ4v) is 3.53. The quantitative estimate of drug-likeness (QED) is 0.604. The zero-order valence-electron chi connectivity index (χ0n) is 9.17. The van der Waals surface area contributed by atoms with Gasteiger partial charge in [-0.2, -0.15) is 9.30 Å². The van der Waals surface area contributed by atoms with Crippen LogP contribution in [-0.4, -0.2) is 31.9 Å². The zero-order valence-corrected chi connectivity index (χ0v) is 9.98. The standard InChI is InChI=1S/C11H12N2O3S/c14-9-12-10-5-1-2-6-11(10)17(15,16)13-7-3-4-8-13/h1-2,5-6H,3-4,7-8H2. The first-order valence-electron chi connectivity index (χ1n) is 5.33. The molecular weight excluding hydrogens is 240 g/mol. The summed E-state index contributed by atoms with van der Waals surface area (Å²) in [7, 11) is -3.53. The molecule has 0 spiro atoms. The van der Waals surface area contributed by atoms with Gasteiger partial charge in [0.1, 0.15) is 4.90 Å². The first-order chi connectivity index (χ1) is 8.16. The number of isocyanates is 1. The van der Waals surface area contributed by atoms with Crippen LogP contribution in [0, 0.1) is 0 Å². The average Bonchev–Trinajstić information content (AvgIpc) is 2.84. The van der Waals surface area contributed by atoms with E-state index in [2.05, 4.69) is 4.99 Å². The number of rotatable bonds is 3. The van der Waals surface area contributed by atoms with E-state index in [4.69, 9.17) is 0 Å². The zero-order chi connectivity index (χ0) is 12.3. The summed E-state index contributed by atoms with van der Waals surface area (Å²) < 4.78 is 26.0. The first-order valence-corrected chi connectivity index (χ1v) is 6.77. The lowest BCUT2D eigenvalue weighted by Gasteiger charge is -2.16. The van der Waals surface area contributed by atoms with Crippen LogP contribution in [0.2, 0.25) is 0 Å². The molecule has 0 amide bonds. The molecule has 0 aromatic heterocycles.